The van der Waals surface area contributed by atoms with Gasteiger partial charge < -0.3 is 14.7 Å². The predicted molar refractivity (Wildman–Crippen MR) is 78.6 cm³/mol. The van der Waals surface area contributed by atoms with Gasteiger partial charge in [0, 0.05) is 32.7 Å². The molecule has 0 unspecified atom stereocenters. The highest BCUT2D eigenvalue weighted by Crippen LogP contribution is 2.13. The van der Waals surface area contributed by atoms with Crippen molar-refractivity contribution in [1.82, 2.24) is 4.90 Å². The standard InChI is InChI=1S/C16H21NO3/c1-13-7-8-14(6-4-5-10-18)15(12-13)16(19)17(2)9-11-20-3/h7-8,12,18H,5,9-11H2,1-3H3. The number of amides is 1. The van der Waals surface area contributed by atoms with Crippen LogP contribution in [0.15, 0.2) is 18.2 Å². The first kappa shape index (κ1) is 16.2. The van der Waals surface area contributed by atoms with Crippen molar-refractivity contribution in [1.29, 1.82) is 0 Å². The van der Waals surface area contributed by atoms with Gasteiger partial charge in [0.05, 0.1) is 18.8 Å². The van der Waals surface area contributed by atoms with Gasteiger partial charge in [-0.3, -0.25) is 4.79 Å². The molecule has 4 heteroatoms. The van der Waals surface area contributed by atoms with Crippen LogP contribution in [0.1, 0.15) is 27.9 Å². The summed E-state index contributed by atoms with van der Waals surface area (Å²) in [7, 11) is 3.35. The van der Waals surface area contributed by atoms with Crippen LogP contribution in [0.2, 0.25) is 0 Å². The second kappa shape index (κ2) is 8.36. The van der Waals surface area contributed by atoms with Gasteiger partial charge in [-0.2, -0.15) is 0 Å². The molecule has 0 bridgehead atoms. The summed E-state index contributed by atoms with van der Waals surface area (Å²) >= 11 is 0. The summed E-state index contributed by atoms with van der Waals surface area (Å²) < 4.78 is 4.98. The van der Waals surface area contributed by atoms with Crippen LogP contribution in [-0.2, 0) is 4.74 Å². The Morgan fingerprint density at radius 3 is 2.85 bits per heavy atom. The highest BCUT2D eigenvalue weighted by atomic mass is 16.5. The number of aliphatic hydroxyl groups excluding tert-OH is 1. The van der Waals surface area contributed by atoms with Crippen LogP contribution in [0.5, 0.6) is 0 Å². The third kappa shape index (κ3) is 4.69. The van der Waals surface area contributed by atoms with Gasteiger partial charge in [-0.15, -0.1) is 0 Å². The zero-order valence-electron chi connectivity index (χ0n) is 12.3. The second-order valence-corrected chi connectivity index (χ2v) is 4.54. The first-order valence-corrected chi connectivity index (χ1v) is 6.55. The molecule has 0 spiro atoms. The van der Waals surface area contributed by atoms with E-state index >= 15 is 0 Å². The van der Waals surface area contributed by atoms with E-state index in [-0.39, 0.29) is 12.5 Å². The molecule has 0 atom stereocenters. The van der Waals surface area contributed by atoms with Crippen molar-refractivity contribution < 1.29 is 14.6 Å². The van der Waals surface area contributed by atoms with Gasteiger partial charge in [0.1, 0.15) is 0 Å². The lowest BCUT2D eigenvalue weighted by Gasteiger charge is -2.17. The van der Waals surface area contributed by atoms with E-state index in [1.165, 1.54) is 0 Å². The Hall–Kier alpha value is -1.83. The van der Waals surface area contributed by atoms with Gasteiger partial charge >= 0.3 is 0 Å². The first-order chi connectivity index (χ1) is 9.60. The Morgan fingerprint density at radius 2 is 2.20 bits per heavy atom. The summed E-state index contributed by atoms with van der Waals surface area (Å²) in [5.41, 5.74) is 2.30. The fourth-order valence-electron chi connectivity index (χ4n) is 1.69. The van der Waals surface area contributed by atoms with Gasteiger partial charge in [0.25, 0.3) is 5.91 Å². The van der Waals surface area contributed by atoms with Gasteiger partial charge in [-0.05, 0) is 19.1 Å². The lowest BCUT2D eigenvalue weighted by molar-refractivity contribution is 0.0744. The summed E-state index contributed by atoms with van der Waals surface area (Å²) in [5, 5.41) is 8.76. The summed E-state index contributed by atoms with van der Waals surface area (Å²) in [5.74, 6) is 5.73. The first-order valence-electron chi connectivity index (χ1n) is 6.55. The van der Waals surface area contributed by atoms with E-state index in [2.05, 4.69) is 11.8 Å². The number of aliphatic hydroxyl groups is 1. The number of ether oxygens (including phenoxy) is 1. The van der Waals surface area contributed by atoms with Crippen molar-refractivity contribution in [2.45, 2.75) is 13.3 Å². The Labute approximate surface area is 120 Å². The van der Waals surface area contributed by atoms with E-state index in [9.17, 15) is 4.79 Å². The van der Waals surface area contributed by atoms with Crippen LogP contribution in [0.4, 0.5) is 0 Å². The number of nitrogens with zero attached hydrogens (tertiary/aromatic N) is 1. The monoisotopic (exact) mass is 275 g/mol. The molecule has 1 N–H and O–H groups in total. The molecule has 0 heterocycles. The van der Waals surface area contributed by atoms with Crippen molar-refractivity contribution in [3.05, 3.63) is 34.9 Å². The molecule has 0 aromatic heterocycles. The molecule has 0 fully saturated rings. The molecule has 1 rings (SSSR count). The molecular weight excluding hydrogens is 254 g/mol. The maximum Gasteiger partial charge on any atom is 0.254 e. The number of hydrogen-bond donors (Lipinski definition) is 1. The van der Waals surface area contributed by atoms with E-state index in [0.717, 1.165) is 5.56 Å². The zero-order chi connectivity index (χ0) is 15.0. The van der Waals surface area contributed by atoms with Gasteiger partial charge in [0.2, 0.25) is 0 Å². The van der Waals surface area contributed by atoms with E-state index in [0.29, 0.717) is 30.7 Å². The summed E-state index contributed by atoms with van der Waals surface area (Å²) in [6.07, 6.45) is 0.404. The molecule has 0 aliphatic carbocycles. The third-order valence-electron chi connectivity index (χ3n) is 2.84. The fourth-order valence-corrected chi connectivity index (χ4v) is 1.69. The number of rotatable bonds is 5. The highest BCUT2D eigenvalue weighted by Gasteiger charge is 2.15. The number of carbonyl (C=O) groups excluding carboxylic acids is 1. The number of carbonyl (C=O) groups is 1. The van der Waals surface area contributed by atoms with E-state index in [4.69, 9.17) is 9.84 Å². The van der Waals surface area contributed by atoms with E-state index in [1.54, 1.807) is 19.1 Å². The fraction of sp³-hybridized carbons (Fsp3) is 0.438. The minimum atomic E-state index is -0.0703. The summed E-state index contributed by atoms with van der Waals surface area (Å²) in [4.78, 5) is 14.0. The molecule has 0 saturated carbocycles. The minimum absolute atomic E-state index is 0.0237. The Bertz CT molecular complexity index is 514. The SMILES string of the molecule is COCCN(C)C(=O)c1cc(C)ccc1C#CCCO. The van der Waals surface area contributed by atoms with E-state index < -0.39 is 0 Å². The van der Waals surface area contributed by atoms with Gasteiger partial charge in [0.15, 0.2) is 0 Å². The van der Waals surface area contributed by atoms with Crippen LogP contribution in [0.25, 0.3) is 0 Å². The number of methoxy groups -OCH3 is 1. The second-order valence-electron chi connectivity index (χ2n) is 4.54. The lowest BCUT2D eigenvalue weighted by atomic mass is 10.0. The third-order valence-corrected chi connectivity index (χ3v) is 2.84. The molecule has 0 aliphatic rings. The Balaban J connectivity index is 3.00. The number of aryl methyl sites for hydroxylation is 1. The van der Waals surface area contributed by atoms with Crippen molar-refractivity contribution in [2.75, 3.05) is 33.9 Å². The van der Waals surface area contributed by atoms with Crippen molar-refractivity contribution in [3.63, 3.8) is 0 Å². The molecule has 0 saturated heterocycles. The minimum Gasteiger partial charge on any atom is -0.395 e. The van der Waals surface area contributed by atoms with Gasteiger partial charge in [-0.1, -0.05) is 23.5 Å². The van der Waals surface area contributed by atoms with Crippen LogP contribution in [0, 0.1) is 18.8 Å². The molecule has 20 heavy (non-hydrogen) atoms. The van der Waals surface area contributed by atoms with Crippen molar-refractivity contribution >= 4 is 5.91 Å². The van der Waals surface area contributed by atoms with Crippen LogP contribution in [-0.4, -0.2) is 49.8 Å². The molecule has 1 aromatic rings. The number of likely N-dealkylation sites (N-methyl/N-ethyl adjacent to an activating group) is 1. The molecule has 108 valence electrons. The maximum absolute atomic E-state index is 12.4. The van der Waals surface area contributed by atoms with Crippen LogP contribution < -0.4 is 0 Å². The lowest BCUT2D eigenvalue weighted by Crippen LogP contribution is -2.30. The topological polar surface area (TPSA) is 49.8 Å². The quantitative estimate of drug-likeness (QED) is 0.827. The smallest absolute Gasteiger partial charge is 0.254 e. The maximum atomic E-state index is 12.4. The zero-order valence-corrected chi connectivity index (χ0v) is 12.3. The predicted octanol–water partition coefficient (Wildman–Crippen LogP) is 1.45. The Kier molecular flexibility index (Phi) is 6.78. The molecule has 0 radical (unpaired) electrons. The van der Waals surface area contributed by atoms with Crippen LogP contribution >= 0.6 is 0 Å². The average molecular weight is 275 g/mol. The summed E-state index contributed by atoms with van der Waals surface area (Å²) in [6, 6.07) is 5.61. The van der Waals surface area contributed by atoms with Crippen LogP contribution in [0.3, 0.4) is 0 Å². The Morgan fingerprint density at radius 1 is 1.45 bits per heavy atom. The van der Waals surface area contributed by atoms with E-state index in [1.807, 2.05) is 25.1 Å². The average Bonchev–Trinajstić information content (AvgIpc) is 2.45. The molecule has 1 aromatic carbocycles. The molecular formula is C16H21NO3. The van der Waals surface area contributed by atoms with Gasteiger partial charge in [-0.25, -0.2) is 0 Å². The highest BCUT2D eigenvalue weighted by molar-refractivity contribution is 5.96. The number of hydrogen-bond acceptors (Lipinski definition) is 3. The summed E-state index contributed by atoms with van der Waals surface area (Å²) in [6.45, 7) is 3.00. The number of benzene rings is 1. The largest absolute Gasteiger partial charge is 0.395 e. The normalized spacial score (nSPS) is 9.80. The molecule has 0 aliphatic heterocycles. The van der Waals surface area contributed by atoms with Crippen molar-refractivity contribution in [3.8, 4) is 11.8 Å². The molecule has 1 amide bonds. The molecule has 4 nitrogen and oxygen atoms in total. The van der Waals surface area contributed by atoms with Crippen molar-refractivity contribution in [2.24, 2.45) is 0 Å².